The summed E-state index contributed by atoms with van der Waals surface area (Å²) in [7, 11) is 1.64. The van der Waals surface area contributed by atoms with Gasteiger partial charge in [0.05, 0.1) is 13.0 Å². The third kappa shape index (κ3) is 3.83. The minimum absolute atomic E-state index is 0.0136. The van der Waals surface area contributed by atoms with Crippen molar-refractivity contribution in [2.75, 3.05) is 20.2 Å². The van der Waals surface area contributed by atoms with E-state index in [1.54, 1.807) is 12.0 Å². The number of ether oxygens (including phenoxy) is 1. The molecule has 0 spiro atoms. The lowest BCUT2D eigenvalue weighted by Gasteiger charge is -2.16. The number of fused-ring (bicyclic) bond motifs is 1. The van der Waals surface area contributed by atoms with Gasteiger partial charge < -0.3 is 19.7 Å². The Morgan fingerprint density at radius 3 is 2.62 bits per heavy atom. The number of benzene rings is 2. The lowest BCUT2D eigenvalue weighted by molar-refractivity contribution is -0.141. The molecule has 0 aliphatic carbocycles. The molecule has 0 saturated carbocycles. The van der Waals surface area contributed by atoms with Gasteiger partial charge in [0.1, 0.15) is 5.75 Å². The maximum atomic E-state index is 12.7. The van der Waals surface area contributed by atoms with Gasteiger partial charge in [0.25, 0.3) is 0 Å². The summed E-state index contributed by atoms with van der Waals surface area (Å²) in [6, 6.07) is 15.9. The van der Waals surface area contributed by atoms with E-state index in [9.17, 15) is 9.59 Å². The van der Waals surface area contributed by atoms with Crippen LogP contribution in [0.5, 0.6) is 5.75 Å². The molecule has 1 aliphatic rings. The maximum absolute atomic E-state index is 12.7. The zero-order chi connectivity index (χ0) is 20.4. The number of aromatic amines is 1. The molecule has 0 radical (unpaired) electrons. The third-order valence-corrected chi connectivity index (χ3v) is 5.67. The number of likely N-dealkylation sites (tertiary alicyclic amines) is 1. The highest BCUT2D eigenvalue weighted by Gasteiger charge is 2.30. The molecule has 2 aromatic carbocycles. The predicted molar refractivity (Wildman–Crippen MR) is 111 cm³/mol. The van der Waals surface area contributed by atoms with E-state index in [4.69, 9.17) is 9.84 Å². The maximum Gasteiger partial charge on any atom is 0.308 e. The number of aromatic nitrogens is 1. The fourth-order valence-corrected chi connectivity index (χ4v) is 4.04. The van der Waals surface area contributed by atoms with Crippen LogP contribution in [0.25, 0.3) is 22.2 Å². The second-order valence-electron chi connectivity index (χ2n) is 7.42. The van der Waals surface area contributed by atoms with Gasteiger partial charge in [-0.3, -0.25) is 9.59 Å². The van der Waals surface area contributed by atoms with Gasteiger partial charge >= 0.3 is 5.97 Å². The molecule has 6 nitrogen and oxygen atoms in total. The molecule has 150 valence electrons. The van der Waals surface area contributed by atoms with Crippen LogP contribution >= 0.6 is 0 Å². The van der Waals surface area contributed by atoms with Crippen LogP contribution < -0.4 is 4.74 Å². The highest BCUT2D eigenvalue weighted by Crippen LogP contribution is 2.32. The molecular formula is C23H24N2O4. The summed E-state index contributed by atoms with van der Waals surface area (Å²) in [5.74, 6) is -0.455. The van der Waals surface area contributed by atoms with Gasteiger partial charge in [0.15, 0.2) is 0 Å². The Kier molecular flexibility index (Phi) is 5.25. The molecule has 1 fully saturated rings. The molecule has 3 aromatic rings. The Morgan fingerprint density at radius 1 is 1.17 bits per heavy atom. The van der Waals surface area contributed by atoms with Crippen LogP contribution in [0.4, 0.5) is 0 Å². The topological polar surface area (TPSA) is 82.6 Å². The molecule has 1 unspecified atom stereocenters. The van der Waals surface area contributed by atoms with Crippen molar-refractivity contribution in [3.8, 4) is 17.0 Å². The van der Waals surface area contributed by atoms with Crippen molar-refractivity contribution in [2.45, 2.75) is 19.3 Å². The average Bonchev–Trinajstić information content (AvgIpc) is 3.37. The molecule has 1 atom stereocenters. The highest BCUT2D eigenvalue weighted by atomic mass is 16.5. The minimum Gasteiger partial charge on any atom is -0.497 e. The average molecular weight is 392 g/mol. The summed E-state index contributed by atoms with van der Waals surface area (Å²) >= 11 is 0. The van der Waals surface area contributed by atoms with Crippen LogP contribution in [0.3, 0.4) is 0 Å². The Labute approximate surface area is 169 Å². The normalized spacial score (nSPS) is 16.3. The lowest BCUT2D eigenvalue weighted by Crippen LogP contribution is -2.30. The van der Waals surface area contributed by atoms with Crippen molar-refractivity contribution in [1.82, 2.24) is 9.88 Å². The Bertz CT molecular complexity index is 1040. The second-order valence-corrected chi connectivity index (χ2v) is 7.42. The second kappa shape index (κ2) is 7.99. The minimum atomic E-state index is -0.821. The number of hydrogen-bond donors (Lipinski definition) is 2. The first kappa shape index (κ1) is 19.1. The number of amides is 1. The number of carbonyl (C=O) groups excluding carboxylic acids is 1. The Balaban J connectivity index is 1.57. The number of carboxylic acid groups (broad SMARTS) is 1. The summed E-state index contributed by atoms with van der Waals surface area (Å²) in [5, 5.41) is 10.3. The van der Waals surface area contributed by atoms with E-state index in [-0.39, 0.29) is 5.91 Å². The van der Waals surface area contributed by atoms with E-state index >= 15 is 0 Å². The van der Waals surface area contributed by atoms with Crippen molar-refractivity contribution < 1.29 is 19.4 Å². The first-order valence-corrected chi connectivity index (χ1v) is 9.81. The van der Waals surface area contributed by atoms with E-state index in [0.29, 0.717) is 32.4 Å². The number of para-hydroxylation sites is 1. The van der Waals surface area contributed by atoms with Gasteiger partial charge in [-0.1, -0.05) is 18.2 Å². The number of aliphatic carboxylic acids is 1. The molecule has 29 heavy (non-hydrogen) atoms. The Morgan fingerprint density at radius 2 is 1.93 bits per heavy atom. The van der Waals surface area contributed by atoms with E-state index in [1.807, 2.05) is 42.5 Å². The van der Waals surface area contributed by atoms with Crippen LogP contribution in [0.15, 0.2) is 48.5 Å². The quantitative estimate of drug-likeness (QED) is 0.670. The first-order chi connectivity index (χ1) is 14.1. The molecule has 1 aliphatic heterocycles. The van der Waals surface area contributed by atoms with Crippen LogP contribution in [0.2, 0.25) is 0 Å². The molecule has 6 heteroatoms. The molecule has 0 bridgehead atoms. The van der Waals surface area contributed by atoms with Crippen molar-refractivity contribution in [2.24, 2.45) is 5.92 Å². The number of nitrogens with one attached hydrogen (secondary N) is 1. The fraction of sp³-hybridized carbons (Fsp3) is 0.304. The molecule has 4 rings (SSSR count). The highest BCUT2D eigenvalue weighted by molar-refractivity contribution is 5.91. The molecular weight excluding hydrogens is 368 g/mol. The summed E-state index contributed by atoms with van der Waals surface area (Å²) in [6.07, 6.45) is 1.49. The van der Waals surface area contributed by atoms with E-state index in [0.717, 1.165) is 33.5 Å². The Hall–Kier alpha value is -3.28. The van der Waals surface area contributed by atoms with Crippen molar-refractivity contribution in [1.29, 1.82) is 0 Å². The van der Waals surface area contributed by atoms with Crippen molar-refractivity contribution >= 4 is 22.8 Å². The third-order valence-electron chi connectivity index (χ3n) is 5.67. The van der Waals surface area contributed by atoms with E-state index < -0.39 is 11.9 Å². The lowest BCUT2D eigenvalue weighted by atomic mass is 10.0. The SMILES string of the molecule is COc1ccc(-c2[nH]c3ccccc3c2CCC(=O)N2CCC(C(=O)O)C2)cc1. The summed E-state index contributed by atoms with van der Waals surface area (Å²) in [6.45, 7) is 0.836. The van der Waals surface area contributed by atoms with Gasteiger partial charge in [-0.05, 0) is 54.3 Å². The smallest absolute Gasteiger partial charge is 0.308 e. The summed E-state index contributed by atoms with van der Waals surface area (Å²) in [4.78, 5) is 29.0. The molecule has 1 aromatic heterocycles. The van der Waals surface area contributed by atoms with Gasteiger partial charge in [-0.25, -0.2) is 0 Å². The number of carboxylic acids is 1. The van der Waals surface area contributed by atoms with Crippen molar-refractivity contribution in [3.63, 3.8) is 0 Å². The van der Waals surface area contributed by atoms with Crippen LogP contribution in [-0.2, 0) is 16.0 Å². The molecule has 2 N–H and O–H groups in total. The number of hydrogen-bond acceptors (Lipinski definition) is 3. The largest absolute Gasteiger partial charge is 0.497 e. The van der Waals surface area contributed by atoms with E-state index in [1.165, 1.54) is 0 Å². The van der Waals surface area contributed by atoms with Crippen LogP contribution in [-0.4, -0.2) is 47.1 Å². The van der Waals surface area contributed by atoms with Gasteiger partial charge in [0.2, 0.25) is 5.91 Å². The standard InChI is InChI=1S/C23H24N2O4/c1-29-17-8-6-15(7-9-17)22-19(18-4-2-3-5-20(18)24-22)10-11-21(26)25-13-12-16(14-25)23(27)28/h2-9,16,24H,10-14H2,1H3,(H,27,28). The molecule has 1 amide bonds. The number of rotatable bonds is 6. The monoisotopic (exact) mass is 392 g/mol. The first-order valence-electron chi connectivity index (χ1n) is 9.81. The van der Waals surface area contributed by atoms with E-state index in [2.05, 4.69) is 11.1 Å². The number of H-pyrrole nitrogens is 1. The van der Waals surface area contributed by atoms with Gasteiger partial charge in [0, 0.05) is 36.1 Å². The fourth-order valence-electron chi connectivity index (χ4n) is 4.04. The molecule has 2 heterocycles. The summed E-state index contributed by atoms with van der Waals surface area (Å²) in [5.41, 5.74) is 4.18. The number of aryl methyl sites for hydroxylation is 1. The van der Waals surface area contributed by atoms with Crippen LogP contribution in [0, 0.1) is 5.92 Å². The zero-order valence-electron chi connectivity index (χ0n) is 16.4. The number of carbonyl (C=O) groups is 2. The van der Waals surface area contributed by atoms with Crippen molar-refractivity contribution in [3.05, 3.63) is 54.1 Å². The number of methoxy groups -OCH3 is 1. The summed E-state index contributed by atoms with van der Waals surface area (Å²) < 4.78 is 5.25. The van der Waals surface area contributed by atoms with Gasteiger partial charge in [-0.15, -0.1) is 0 Å². The predicted octanol–water partition coefficient (Wildman–Crippen LogP) is 3.71. The number of nitrogens with zero attached hydrogens (tertiary/aromatic N) is 1. The molecule has 1 saturated heterocycles. The zero-order valence-corrected chi connectivity index (χ0v) is 16.4. The van der Waals surface area contributed by atoms with Gasteiger partial charge in [-0.2, -0.15) is 0 Å². The van der Waals surface area contributed by atoms with Crippen LogP contribution in [0.1, 0.15) is 18.4 Å².